The summed E-state index contributed by atoms with van der Waals surface area (Å²) in [6.45, 7) is 3.49. The van der Waals surface area contributed by atoms with Crippen LogP contribution >= 0.6 is 0 Å². The van der Waals surface area contributed by atoms with E-state index in [1.807, 2.05) is 43.3 Å². The molecule has 1 aromatic heterocycles. The first-order valence-corrected chi connectivity index (χ1v) is 8.34. The number of aryl methyl sites for hydroxylation is 1. The molecule has 0 saturated carbocycles. The number of nitrogen functional groups attached to an aromatic ring is 1. The van der Waals surface area contributed by atoms with Gasteiger partial charge in [-0.2, -0.15) is 15.0 Å². The Morgan fingerprint density at radius 3 is 2.48 bits per heavy atom. The van der Waals surface area contributed by atoms with E-state index in [-0.39, 0.29) is 18.5 Å². The van der Waals surface area contributed by atoms with Crippen molar-refractivity contribution in [2.75, 3.05) is 16.4 Å². The van der Waals surface area contributed by atoms with Crippen LogP contribution in [0.25, 0.3) is 0 Å². The van der Waals surface area contributed by atoms with Gasteiger partial charge in [0.15, 0.2) is 5.82 Å². The highest BCUT2D eigenvalue weighted by Crippen LogP contribution is 2.24. The standard InChI is InChI=1S/C19H20N6O2/c1-12-7-3-4-8-14(12)22-19-24-17(23-18(20)25-19)11-27-16-10-6-5-9-15(16)21-13(2)26/h3-10H,11H2,1-2H3,(H,21,26)(H3,20,22,23,24,25). The molecule has 1 amide bonds. The molecule has 0 radical (unpaired) electrons. The largest absolute Gasteiger partial charge is 0.483 e. The number of nitrogens with one attached hydrogen (secondary N) is 2. The highest BCUT2D eigenvalue weighted by atomic mass is 16.5. The lowest BCUT2D eigenvalue weighted by molar-refractivity contribution is -0.114. The third-order valence-electron chi connectivity index (χ3n) is 3.65. The number of benzene rings is 2. The van der Waals surface area contributed by atoms with Gasteiger partial charge in [-0.05, 0) is 30.7 Å². The summed E-state index contributed by atoms with van der Waals surface area (Å²) < 4.78 is 5.76. The topological polar surface area (TPSA) is 115 Å². The van der Waals surface area contributed by atoms with E-state index in [0.29, 0.717) is 23.2 Å². The Morgan fingerprint density at radius 1 is 1.04 bits per heavy atom. The van der Waals surface area contributed by atoms with Gasteiger partial charge in [0.05, 0.1) is 5.69 Å². The summed E-state index contributed by atoms with van der Waals surface area (Å²) >= 11 is 0. The van der Waals surface area contributed by atoms with Gasteiger partial charge in [-0.1, -0.05) is 30.3 Å². The molecule has 1 heterocycles. The van der Waals surface area contributed by atoms with E-state index in [4.69, 9.17) is 10.5 Å². The zero-order chi connectivity index (χ0) is 19.2. The Hall–Kier alpha value is -3.68. The van der Waals surface area contributed by atoms with Crippen molar-refractivity contribution < 1.29 is 9.53 Å². The van der Waals surface area contributed by atoms with Gasteiger partial charge < -0.3 is 21.1 Å². The van der Waals surface area contributed by atoms with Gasteiger partial charge in [-0.3, -0.25) is 4.79 Å². The van der Waals surface area contributed by atoms with Crippen LogP contribution in [0.15, 0.2) is 48.5 Å². The normalized spacial score (nSPS) is 10.3. The molecule has 0 fully saturated rings. The number of anilines is 4. The minimum Gasteiger partial charge on any atom is -0.483 e. The average molecular weight is 364 g/mol. The summed E-state index contributed by atoms with van der Waals surface area (Å²) in [5.41, 5.74) is 8.31. The molecule has 138 valence electrons. The Bertz CT molecular complexity index is 960. The molecule has 0 aliphatic heterocycles. The highest BCUT2D eigenvalue weighted by molar-refractivity contribution is 5.90. The average Bonchev–Trinajstić information content (AvgIpc) is 2.62. The Labute approximate surface area is 156 Å². The van der Waals surface area contributed by atoms with E-state index in [2.05, 4.69) is 25.6 Å². The molecule has 8 heteroatoms. The molecular formula is C19H20N6O2. The highest BCUT2D eigenvalue weighted by Gasteiger charge is 2.09. The lowest BCUT2D eigenvalue weighted by Gasteiger charge is -2.12. The third-order valence-corrected chi connectivity index (χ3v) is 3.65. The molecule has 3 rings (SSSR count). The Morgan fingerprint density at radius 2 is 1.74 bits per heavy atom. The van der Waals surface area contributed by atoms with Crippen molar-refractivity contribution in [3.05, 3.63) is 59.9 Å². The van der Waals surface area contributed by atoms with Crippen molar-refractivity contribution in [1.29, 1.82) is 0 Å². The van der Waals surface area contributed by atoms with Crippen molar-refractivity contribution in [3.8, 4) is 5.75 Å². The van der Waals surface area contributed by atoms with Crippen molar-refractivity contribution in [2.24, 2.45) is 0 Å². The smallest absolute Gasteiger partial charge is 0.232 e. The summed E-state index contributed by atoms with van der Waals surface area (Å²) in [6.07, 6.45) is 0. The number of rotatable bonds is 6. The molecule has 0 spiro atoms. The van der Waals surface area contributed by atoms with Crippen LogP contribution in [0.5, 0.6) is 5.75 Å². The van der Waals surface area contributed by atoms with E-state index in [1.54, 1.807) is 12.1 Å². The van der Waals surface area contributed by atoms with Gasteiger partial charge >= 0.3 is 0 Å². The van der Waals surface area contributed by atoms with Crippen LogP contribution in [-0.4, -0.2) is 20.9 Å². The predicted molar refractivity (Wildman–Crippen MR) is 104 cm³/mol. The molecule has 0 bridgehead atoms. The first kappa shape index (κ1) is 18.1. The second-order valence-corrected chi connectivity index (χ2v) is 5.84. The molecular weight excluding hydrogens is 344 g/mol. The number of carbonyl (C=O) groups is 1. The molecule has 3 aromatic rings. The number of para-hydroxylation sites is 3. The van der Waals surface area contributed by atoms with Crippen LogP contribution in [0.1, 0.15) is 18.3 Å². The van der Waals surface area contributed by atoms with Crippen molar-refractivity contribution in [1.82, 2.24) is 15.0 Å². The van der Waals surface area contributed by atoms with E-state index in [0.717, 1.165) is 11.3 Å². The molecule has 0 aliphatic carbocycles. The van der Waals surface area contributed by atoms with Gasteiger partial charge in [-0.25, -0.2) is 0 Å². The summed E-state index contributed by atoms with van der Waals surface area (Å²) in [5, 5.41) is 5.85. The van der Waals surface area contributed by atoms with Gasteiger partial charge in [-0.15, -0.1) is 0 Å². The summed E-state index contributed by atoms with van der Waals surface area (Å²) in [4.78, 5) is 23.9. The van der Waals surface area contributed by atoms with Crippen LogP contribution in [0.2, 0.25) is 0 Å². The van der Waals surface area contributed by atoms with Crippen LogP contribution < -0.4 is 21.1 Å². The zero-order valence-corrected chi connectivity index (χ0v) is 15.1. The number of aromatic nitrogens is 3. The first-order valence-electron chi connectivity index (χ1n) is 8.34. The monoisotopic (exact) mass is 364 g/mol. The van der Waals surface area contributed by atoms with E-state index >= 15 is 0 Å². The third kappa shape index (κ3) is 4.91. The number of nitrogens with two attached hydrogens (primary N) is 1. The Kier molecular flexibility index (Phi) is 5.46. The minimum absolute atomic E-state index is 0.0752. The van der Waals surface area contributed by atoms with Gasteiger partial charge in [0, 0.05) is 12.6 Å². The number of ether oxygens (including phenoxy) is 1. The number of hydrogen-bond acceptors (Lipinski definition) is 7. The maximum atomic E-state index is 11.3. The molecule has 27 heavy (non-hydrogen) atoms. The van der Waals surface area contributed by atoms with Crippen molar-refractivity contribution >= 4 is 29.2 Å². The SMILES string of the molecule is CC(=O)Nc1ccccc1OCc1nc(N)nc(Nc2ccccc2C)n1. The van der Waals surface area contributed by atoms with Crippen LogP contribution in [0.3, 0.4) is 0 Å². The van der Waals surface area contributed by atoms with E-state index in [9.17, 15) is 4.79 Å². The maximum absolute atomic E-state index is 11.3. The van der Waals surface area contributed by atoms with Crippen molar-refractivity contribution in [2.45, 2.75) is 20.5 Å². The fourth-order valence-electron chi connectivity index (χ4n) is 2.42. The second kappa shape index (κ2) is 8.13. The predicted octanol–water partition coefficient (Wildman–Crippen LogP) is 3.04. The summed E-state index contributed by atoms with van der Waals surface area (Å²) in [6, 6.07) is 14.9. The van der Waals surface area contributed by atoms with Gasteiger partial charge in [0.2, 0.25) is 17.8 Å². The molecule has 0 unspecified atom stereocenters. The Balaban J connectivity index is 1.76. The molecule has 4 N–H and O–H groups in total. The maximum Gasteiger partial charge on any atom is 0.232 e. The summed E-state index contributed by atoms with van der Waals surface area (Å²) in [5.74, 6) is 1.14. The fourth-order valence-corrected chi connectivity index (χ4v) is 2.42. The van der Waals surface area contributed by atoms with Crippen LogP contribution in [0, 0.1) is 6.92 Å². The second-order valence-electron chi connectivity index (χ2n) is 5.84. The molecule has 0 saturated heterocycles. The summed E-state index contributed by atoms with van der Waals surface area (Å²) in [7, 11) is 0. The van der Waals surface area contributed by atoms with Crippen molar-refractivity contribution in [3.63, 3.8) is 0 Å². The van der Waals surface area contributed by atoms with Gasteiger partial charge in [0.25, 0.3) is 0 Å². The first-order chi connectivity index (χ1) is 13.0. The quantitative estimate of drug-likeness (QED) is 0.616. The fraction of sp³-hybridized carbons (Fsp3) is 0.158. The number of nitrogens with zero attached hydrogens (tertiary/aromatic N) is 3. The number of carbonyl (C=O) groups excluding carboxylic acids is 1. The molecule has 2 aromatic carbocycles. The van der Waals surface area contributed by atoms with Crippen LogP contribution in [0.4, 0.5) is 23.3 Å². The number of hydrogen-bond donors (Lipinski definition) is 3. The van der Waals surface area contributed by atoms with E-state index in [1.165, 1.54) is 6.92 Å². The molecule has 8 nitrogen and oxygen atoms in total. The molecule has 0 aliphatic rings. The van der Waals surface area contributed by atoms with Crippen LogP contribution in [-0.2, 0) is 11.4 Å². The lowest BCUT2D eigenvalue weighted by atomic mass is 10.2. The number of amides is 1. The van der Waals surface area contributed by atoms with E-state index < -0.39 is 0 Å². The minimum atomic E-state index is -0.180. The molecule has 0 atom stereocenters. The zero-order valence-electron chi connectivity index (χ0n) is 15.1. The lowest BCUT2D eigenvalue weighted by Crippen LogP contribution is -2.11. The van der Waals surface area contributed by atoms with Gasteiger partial charge in [0.1, 0.15) is 12.4 Å².